The molecular formula is C12H22O10. The lowest BCUT2D eigenvalue weighted by atomic mass is 9.99. The van der Waals surface area contributed by atoms with Crippen molar-refractivity contribution in [1.29, 1.82) is 0 Å². The summed E-state index contributed by atoms with van der Waals surface area (Å²) in [7, 11) is 0. The summed E-state index contributed by atoms with van der Waals surface area (Å²) in [5.74, 6) is -2.14. The average molecular weight is 326 g/mol. The van der Waals surface area contributed by atoms with Crippen molar-refractivity contribution in [1.82, 2.24) is 0 Å². The lowest BCUT2D eigenvalue weighted by molar-refractivity contribution is -0.380. The molecule has 2 aliphatic rings. The molecular weight excluding hydrogens is 304 g/mol. The fourth-order valence-corrected chi connectivity index (χ4v) is 2.58. The number of aliphatic hydroxyl groups excluding tert-OH is 7. The lowest BCUT2D eigenvalue weighted by Gasteiger charge is -2.42. The van der Waals surface area contributed by atoms with Gasteiger partial charge in [0, 0.05) is 0 Å². The van der Waals surface area contributed by atoms with E-state index in [0.29, 0.717) is 0 Å². The van der Waals surface area contributed by atoms with Gasteiger partial charge in [-0.1, -0.05) is 0 Å². The molecule has 2 aliphatic heterocycles. The van der Waals surface area contributed by atoms with E-state index in [-0.39, 0.29) is 0 Å². The Morgan fingerprint density at radius 2 is 1.59 bits per heavy atom. The summed E-state index contributed by atoms with van der Waals surface area (Å²) in [4.78, 5) is 0. The van der Waals surface area contributed by atoms with Crippen LogP contribution >= 0.6 is 0 Å². The summed E-state index contributed by atoms with van der Waals surface area (Å²) in [6, 6.07) is 0. The third-order valence-corrected chi connectivity index (χ3v) is 4.03. The van der Waals surface area contributed by atoms with Crippen molar-refractivity contribution in [3.05, 3.63) is 0 Å². The Morgan fingerprint density at radius 3 is 2.09 bits per heavy atom. The minimum Gasteiger partial charge on any atom is -0.394 e. The van der Waals surface area contributed by atoms with Crippen molar-refractivity contribution >= 4 is 0 Å². The average Bonchev–Trinajstić information content (AvgIpc) is 2.75. The number of aliphatic hydroxyl groups is 7. The first kappa shape index (κ1) is 17.9. The van der Waals surface area contributed by atoms with Crippen LogP contribution in [0, 0.1) is 0 Å². The molecule has 0 bridgehead atoms. The summed E-state index contributed by atoms with van der Waals surface area (Å²) in [6.07, 6.45) is -11.4. The van der Waals surface area contributed by atoms with Gasteiger partial charge in [0.05, 0.1) is 12.7 Å². The van der Waals surface area contributed by atoms with Gasteiger partial charge in [0.1, 0.15) is 43.2 Å². The highest BCUT2D eigenvalue weighted by molar-refractivity contribution is 4.98. The van der Waals surface area contributed by atoms with Crippen LogP contribution in [0.15, 0.2) is 0 Å². The Kier molecular flexibility index (Phi) is 5.39. The molecule has 0 radical (unpaired) electrons. The molecule has 10 nitrogen and oxygen atoms in total. The molecule has 10 heteroatoms. The Morgan fingerprint density at radius 1 is 0.955 bits per heavy atom. The maximum absolute atomic E-state index is 9.99. The van der Waals surface area contributed by atoms with E-state index in [1.54, 1.807) is 0 Å². The van der Waals surface area contributed by atoms with E-state index < -0.39 is 68.0 Å². The minimum absolute atomic E-state index is 0.630. The molecule has 0 spiro atoms. The Labute approximate surface area is 126 Å². The van der Waals surface area contributed by atoms with Crippen LogP contribution in [0.1, 0.15) is 6.92 Å². The highest BCUT2D eigenvalue weighted by Gasteiger charge is 2.58. The van der Waals surface area contributed by atoms with E-state index in [1.807, 2.05) is 0 Å². The molecule has 2 heterocycles. The third kappa shape index (κ3) is 2.87. The van der Waals surface area contributed by atoms with Gasteiger partial charge in [-0.25, -0.2) is 0 Å². The predicted molar refractivity (Wildman–Crippen MR) is 67.2 cm³/mol. The highest BCUT2D eigenvalue weighted by atomic mass is 16.8. The summed E-state index contributed by atoms with van der Waals surface area (Å²) in [5, 5.41) is 67.5. The van der Waals surface area contributed by atoms with Crippen molar-refractivity contribution in [2.75, 3.05) is 13.2 Å². The third-order valence-electron chi connectivity index (χ3n) is 4.03. The smallest absolute Gasteiger partial charge is 0.224 e. The van der Waals surface area contributed by atoms with Crippen LogP contribution in [-0.4, -0.2) is 104 Å². The van der Waals surface area contributed by atoms with Crippen LogP contribution in [-0.2, 0) is 14.2 Å². The van der Waals surface area contributed by atoms with Crippen molar-refractivity contribution in [2.45, 2.75) is 61.7 Å². The number of hydrogen-bond acceptors (Lipinski definition) is 10. The lowest BCUT2D eigenvalue weighted by Crippen LogP contribution is -2.61. The van der Waals surface area contributed by atoms with Crippen LogP contribution in [0.3, 0.4) is 0 Å². The maximum Gasteiger partial charge on any atom is 0.224 e. The fourth-order valence-electron chi connectivity index (χ4n) is 2.58. The van der Waals surface area contributed by atoms with E-state index in [4.69, 9.17) is 19.3 Å². The Bertz CT molecular complexity index is 381. The monoisotopic (exact) mass is 326 g/mol. The second-order valence-electron chi connectivity index (χ2n) is 5.54. The van der Waals surface area contributed by atoms with Gasteiger partial charge < -0.3 is 50.0 Å². The van der Waals surface area contributed by atoms with Crippen molar-refractivity contribution in [2.24, 2.45) is 0 Å². The Hall–Kier alpha value is -0.400. The second-order valence-corrected chi connectivity index (χ2v) is 5.54. The van der Waals surface area contributed by atoms with Gasteiger partial charge in [-0.15, -0.1) is 0 Å². The number of rotatable bonds is 4. The fraction of sp³-hybridized carbons (Fsp3) is 1.00. The molecule has 0 saturated carbocycles. The van der Waals surface area contributed by atoms with Gasteiger partial charge in [-0.3, -0.25) is 0 Å². The minimum atomic E-state index is -2.14. The van der Waals surface area contributed by atoms with E-state index in [9.17, 15) is 30.6 Å². The van der Waals surface area contributed by atoms with Gasteiger partial charge >= 0.3 is 0 Å². The predicted octanol–water partition coefficient (Wildman–Crippen LogP) is -4.37. The first-order chi connectivity index (χ1) is 10.3. The van der Waals surface area contributed by atoms with Gasteiger partial charge in [0.2, 0.25) is 5.79 Å². The SMILES string of the molecule is C[C@H]1OC(OC2(CO)O[C@H](CO)[C@@H](O)[C@@H]2O)[C@H](O)[C@@H](O)[C@H]1O. The Balaban J connectivity index is 2.16. The van der Waals surface area contributed by atoms with Crippen LogP contribution in [0.5, 0.6) is 0 Å². The molecule has 130 valence electrons. The van der Waals surface area contributed by atoms with Gasteiger partial charge in [0.25, 0.3) is 0 Å². The molecule has 7 N–H and O–H groups in total. The molecule has 2 rings (SSSR count). The van der Waals surface area contributed by atoms with E-state index in [2.05, 4.69) is 0 Å². The quantitative estimate of drug-likeness (QED) is 0.268. The molecule has 22 heavy (non-hydrogen) atoms. The number of ether oxygens (including phenoxy) is 3. The van der Waals surface area contributed by atoms with E-state index >= 15 is 0 Å². The summed E-state index contributed by atoms with van der Waals surface area (Å²) < 4.78 is 15.6. The summed E-state index contributed by atoms with van der Waals surface area (Å²) in [5.41, 5.74) is 0. The molecule has 2 unspecified atom stereocenters. The van der Waals surface area contributed by atoms with E-state index in [0.717, 1.165) is 0 Å². The second kappa shape index (κ2) is 6.61. The normalized spacial score (nSPS) is 52.9. The zero-order valence-electron chi connectivity index (χ0n) is 11.9. The van der Waals surface area contributed by atoms with Crippen LogP contribution < -0.4 is 0 Å². The van der Waals surface area contributed by atoms with Gasteiger partial charge in [0.15, 0.2) is 6.29 Å². The zero-order valence-corrected chi connectivity index (χ0v) is 11.9. The van der Waals surface area contributed by atoms with Crippen molar-refractivity contribution in [3.8, 4) is 0 Å². The maximum atomic E-state index is 9.99. The van der Waals surface area contributed by atoms with Gasteiger partial charge in [-0.2, -0.15) is 0 Å². The molecule has 0 aliphatic carbocycles. The molecule has 2 fully saturated rings. The topological polar surface area (TPSA) is 169 Å². The summed E-state index contributed by atoms with van der Waals surface area (Å²) in [6.45, 7) is -0.102. The van der Waals surface area contributed by atoms with E-state index in [1.165, 1.54) is 6.92 Å². The van der Waals surface area contributed by atoms with Crippen LogP contribution in [0.25, 0.3) is 0 Å². The zero-order chi connectivity index (χ0) is 16.7. The van der Waals surface area contributed by atoms with Gasteiger partial charge in [-0.05, 0) is 6.92 Å². The van der Waals surface area contributed by atoms with Crippen LogP contribution in [0.4, 0.5) is 0 Å². The molecule has 2 saturated heterocycles. The standard InChI is InChI=1S/C12H22O10/c1-4-6(15)8(17)9(18)11(20-4)22-12(3-14)10(19)7(16)5(2-13)21-12/h4-11,13-19H,2-3H2,1H3/t4-,5-,6+,7-,8+,9-,10+,11?,12?/m1/s1. The highest BCUT2D eigenvalue weighted by Crippen LogP contribution is 2.35. The molecule has 0 aromatic heterocycles. The van der Waals surface area contributed by atoms with Crippen molar-refractivity contribution < 1.29 is 50.0 Å². The molecule has 9 atom stereocenters. The molecule has 0 aromatic carbocycles. The molecule has 0 amide bonds. The summed E-state index contributed by atoms with van der Waals surface area (Å²) >= 11 is 0. The first-order valence-corrected chi connectivity index (χ1v) is 6.90. The van der Waals surface area contributed by atoms with Crippen LogP contribution in [0.2, 0.25) is 0 Å². The van der Waals surface area contributed by atoms with Crippen molar-refractivity contribution in [3.63, 3.8) is 0 Å². The largest absolute Gasteiger partial charge is 0.394 e. The number of hydrogen-bond donors (Lipinski definition) is 7. The first-order valence-electron chi connectivity index (χ1n) is 6.90. The molecule has 0 aromatic rings.